The Morgan fingerprint density at radius 1 is 1.22 bits per heavy atom. The van der Waals surface area contributed by atoms with E-state index >= 15 is 0 Å². The number of hydrogen-bond acceptors (Lipinski definition) is 1. The standard InChI is InChI=1S/C6H17NSi2/c1-9(8)7-5-3-2-4-6-7/h9H,2-6H2,1,8H3. The summed E-state index contributed by atoms with van der Waals surface area (Å²) in [5.74, 6) is 0. The molecule has 1 fully saturated rings. The van der Waals surface area contributed by atoms with E-state index in [4.69, 9.17) is 0 Å². The molecule has 1 heterocycles. The average Bonchev–Trinajstić information content (AvgIpc) is 1.90. The lowest BCUT2D eigenvalue weighted by Crippen LogP contribution is -2.41. The summed E-state index contributed by atoms with van der Waals surface area (Å²) in [6.07, 6.45) is 4.43. The van der Waals surface area contributed by atoms with E-state index in [0.717, 1.165) is 0 Å². The summed E-state index contributed by atoms with van der Waals surface area (Å²) >= 11 is 0. The number of nitrogens with zero attached hydrogens (tertiary/aromatic N) is 1. The van der Waals surface area contributed by atoms with Crippen LogP contribution in [0.25, 0.3) is 0 Å². The van der Waals surface area contributed by atoms with Gasteiger partial charge in [0.25, 0.3) is 0 Å². The van der Waals surface area contributed by atoms with Gasteiger partial charge in [-0.1, -0.05) is 13.0 Å². The fourth-order valence-corrected chi connectivity index (χ4v) is 4.38. The van der Waals surface area contributed by atoms with E-state index in [1.807, 2.05) is 0 Å². The van der Waals surface area contributed by atoms with E-state index < -0.39 is 0 Å². The molecule has 1 rings (SSSR count). The molecule has 0 N–H and O–H groups in total. The van der Waals surface area contributed by atoms with Crippen LogP contribution in [-0.4, -0.2) is 35.9 Å². The van der Waals surface area contributed by atoms with Crippen molar-refractivity contribution in [2.45, 2.75) is 25.8 Å². The minimum Gasteiger partial charge on any atom is -0.330 e. The zero-order valence-electron chi connectivity index (χ0n) is 6.56. The maximum absolute atomic E-state index is 2.76. The molecule has 1 aliphatic rings. The van der Waals surface area contributed by atoms with Crippen LogP contribution in [0.15, 0.2) is 0 Å². The zero-order chi connectivity index (χ0) is 6.69. The number of rotatable bonds is 1. The Morgan fingerprint density at radius 2 is 1.78 bits per heavy atom. The molecule has 1 nitrogen and oxygen atoms in total. The third-order valence-corrected chi connectivity index (χ3v) is 6.29. The van der Waals surface area contributed by atoms with Gasteiger partial charge < -0.3 is 4.57 Å². The van der Waals surface area contributed by atoms with E-state index in [2.05, 4.69) is 11.1 Å². The van der Waals surface area contributed by atoms with Gasteiger partial charge in [0.1, 0.15) is 0 Å². The normalized spacial score (nSPS) is 26.3. The minimum atomic E-state index is -0.280. The summed E-state index contributed by atoms with van der Waals surface area (Å²) in [6, 6.07) is 0. The van der Waals surface area contributed by atoms with Gasteiger partial charge in [0.05, 0.1) is 8.48 Å². The van der Waals surface area contributed by atoms with Crippen molar-refractivity contribution in [3.8, 4) is 0 Å². The van der Waals surface area contributed by atoms with Crippen molar-refractivity contribution >= 4 is 18.2 Å². The summed E-state index contributed by atoms with van der Waals surface area (Å²) in [4.78, 5) is 0. The highest BCUT2D eigenvalue weighted by atomic mass is 29.2. The fraction of sp³-hybridized carbons (Fsp3) is 1.00. The van der Waals surface area contributed by atoms with Gasteiger partial charge in [0.15, 0.2) is 0 Å². The van der Waals surface area contributed by atoms with Crippen molar-refractivity contribution in [1.82, 2.24) is 4.57 Å². The molecule has 0 saturated carbocycles. The van der Waals surface area contributed by atoms with Crippen LogP contribution in [-0.2, 0) is 0 Å². The first-order valence-electron chi connectivity index (χ1n) is 4.05. The highest BCUT2D eigenvalue weighted by molar-refractivity contribution is 7.00. The molecule has 0 radical (unpaired) electrons. The molecule has 0 aromatic heterocycles. The van der Waals surface area contributed by atoms with Crippen molar-refractivity contribution < 1.29 is 0 Å². The van der Waals surface area contributed by atoms with Gasteiger partial charge in [-0.05, 0) is 25.9 Å². The average molecular weight is 159 g/mol. The summed E-state index contributed by atoms with van der Waals surface area (Å²) in [5, 5.41) is 0. The first kappa shape index (κ1) is 7.50. The van der Waals surface area contributed by atoms with Gasteiger partial charge in [0.2, 0.25) is 0 Å². The first-order valence-corrected chi connectivity index (χ1v) is 10.3. The van der Waals surface area contributed by atoms with Crippen LogP contribution in [0.2, 0.25) is 6.55 Å². The maximum atomic E-state index is 2.76. The molecular formula is C6H17NSi2. The van der Waals surface area contributed by atoms with Crippen LogP contribution in [0.1, 0.15) is 19.3 Å². The predicted molar refractivity (Wildman–Crippen MR) is 48.4 cm³/mol. The van der Waals surface area contributed by atoms with E-state index in [9.17, 15) is 0 Å². The summed E-state index contributed by atoms with van der Waals surface area (Å²) in [5.41, 5.74) is 0. The highest BCUT2D eigenvalue weighted by Gasteiger charge is 2.12. The predicted octanol–water partition coefficient (Wildman–Crippen LogP) is -0.312. The molecule has 1 unspecified atom stereocenters. The van der Waals surface area contributed by atoms with Crippen molar-refractivity contribution in [1.29, 1.82) is 0 Å². The van der Waals surface area contributed by atoms with Gasteiger partial charge in [0, 0.05) is 9.76 Å². The third-order valence-electron chi connectivity index (χ3n) is 2.12. The molecule has 0 spiro atoms. The Kier molecular flexibility index (Phi) is 2.95. The molecule has 1 saturated heterocycles. The van der Waals surface area contributed by atoms with Crippen molar-refractivity contribution in [2.75, 3.05) is 13.1 Å². The molecule has 0 aromatic carbocycles. The van der Waals surface area contributed by atoms with Gasteiger partial charge in [-0.2, -0.15) is 0 Å². The fourth-order valence-electron chi connectivity index (χ4n) is 1.43. The van der Waals surface area contributed by atoms with Gasteiger partial charge in [-0.25, -0.2) is 0 Å². The van der Waals surface area contributed by atoms with Crippen LogP contribution < -0.4 is 0 Å². The summed E-state index contributed by atoms with van der Waals surface area (Å²) in [7, 11) is 1.20. The smallest absolute Gasteiger partial charge is 0.0883 e. The lowest BCUT2D eigenvalue weighted by atomic mass is 10.2. The maximum Gasteiger partial charge on any atom is 0.0883 e. The molecule has 0 aromatic rings. The SMILES string of the molecule is C[SiH]([SiH3])N1CCCCC1. The van der Waals surface area contributed by atoms with Gasteiger partial charge >= 0.3 is 0 Å². The Hall–Kier alpha value is 0.394. The Morgan fingerprint density at radius 3 is 2.11 bits per heavy atom. The van der Waals surface area contributed by atoms with Crippen molar-refractivity contribution in [2.24, 2.45) is 0 Å². The van der Waals surface area contributed by atoms with Crippen molar-refractivity contribution in [3.63, 3.8) is 0 Å². The number of piperidine rings is 1. The molecule has 0 amide bonds. The quantitative estimate of drug-likeness (QED) is 0.474. The molecule has 0 bridgehead atoms. The second kappa shape index (κ2) is 3.53. The van der Waals surface area contributed by atoms with Crippen molar-refractivity contribution in [3.05, 3.63) is 0 Å². The summed E-state index contributed by atoms with van der Waals surface area (Å²) < 4.78 is 2.76. The highest BCUT2D eigenvalue weighted by Crippen LogP contribution is 2.08. The molecular weight excluding hydrogens is 142 g/mol. The summed E-state index contributed by atoms with van der Waals surface area (Å²) in [6.45, 7) is 5.34. The zero-order valence-corrected chi connectivity index (χ0v) is 9.71. The largest absolute Gasteiger partial charge is 0.330 e. The van der Waals surface area contributed by atoms with Gasteiger partial charge in [-0.15, -0.1) is 0 Å². The van der Waals surface area contributed by atoms with Gasteiger partial charge in [-0.3, -0.25) is 0 Å². The monoisotopic (exact) mass is 159 g/mol. The topological polar surface area (TPSA) is 3.24 Å². The Bertz CT molecular complexity index is 79.1. The Labute approximate surface area is 62.3 Å². The minimum absolute atomic E-state index is 0.280. The van der Waals surface area contributed by atoms with Crippen LogP contribution in [0.3, 0.4) is 0 Å². The van der Waals surface area contributed by atoms with E-state index in [0.29, 0.717) is 0 Å². The second-order valence-electron chi connectivity index (χ2n) is 3.19. The van der Waals surface area contributed by atoms with E-state index in [-0.39, 0.29) is 8.48 Å². The second-order valence-corrected chi connectivity index (χ2v) is 11.1. The molecule has 54 valence electrons. The van der Waals surface area contributed by atoms with Crippen LogP contribution in [0.4, 0.5) is 0 Å². The molecule has 3 heteroatoms. The molecule has 0 aliphatic carbocycles. The molecule has 1 aliphatic heterocycles. The lowest BCUT2D eigenvalue weighted by molar-refractivity contribution is 0.358. The van der Waals surface area contributed by atoms with E-state index in [1.54, 1.807) is 0 Å². The van der Waals surface area contributed by atoms with E-state index in [1.165, 1.54) is 42.1 Å². The Balaban J connectivity index is 2.23. The van der Waals surface area contributed by atoms with Crippen LogP contribution in [0.5, 0.6) is 0 Å². The lowest BCUT2D eigenvalue weighted by Gasteiger charge is -2.29. The molecule has 9 heavy (non-hydrogen) atoms. The van der Waals surface area contributed by atoms with Crippen LogP contribution in [0, 0.1) is 0 Å². The third kappa shape index (κ3) is 2.23. The molecule has 1 atom stereocenters. The van der Waals surface area contributed by atoms with Crippen LogP contribution >= 0.6 is 0 Å². The number of hydrogen-bond donors (Lipinski definition) is 0. The first-order chi connectivity index (χ1) is 4.30.